The summed E-state index contributed by atoms with van der Waals surface area (Å²) in [7, 11) is 0. The average Bonchev–Trinajstić information content (AvgIpc) is 1.82. The van der Waals surface area contributed by atoms with E-state index in [4.69, 9.17) is 0 Å². The van der Waals surface area contributed by atoms with Crippen molar-refractivity contribution in [2.75, 3.05) is 11.7 Å². The zero-order chi connectivity index (χ0) is 7.28. The summed E-state index contributed by atoms with van der Waals surface area (Å²) in [6, 6.07) is 0. The van der Waals surface area contributed by atoms with Gasteiger partial charge in [-0.25, -0.2) is 5.11 Å². The highest BCUT2D eigenvalue weighted by Gasteiger charge is 2.05. The molecule has 0 spiro atoms. The van der Waals surface area contributed by atoms with Crippen LogP contribution in [0.1, 0.15) is 20.8 Å². The Bertz CT molecular complexity index is 63.9. The monoisotopic (exact) mass is 147 g/mol. The predicted molar refractivity (Wildman–Crippen MR) is 42.0 cm³/mol. The van der Waals surface area contributed by atoms with Gasteiger partial charge in [0.1, 0.15) is 5.94 Å². The van der Waals surface area contributed by atoms with Gasteiger partial charge in [-0.05, 0) is 17.6 Å². The lowest BCUT2D eigenvalue weighted by Crippen LogP contribution is -2.06. The third-order valence-corrected chi connectivity index (χ3v) is 2.53. The second kappa shape index (κ2) is 5.12. The number of rotatable bonds is 4. The normalized spacial score (nSPS) is 14.3. The van der Waals surface area contributed by atoms with E-state index in [1.807, 2.05) is 0 Å². The molecule has 0 saturated heterocycles. The quantitative estimate of drug-likeness (QED) is 0.559. The van der Waals surface area contributed by atoms with Gasteiger partial charge in [-0.15, -0.1) is 11.8 Å². The molecule has 0 N–H and O–H groups in total. The Kier molecular flexibility index (Phi) is 5.30. The Morgan fingerprint density at radius 3 is 2.22 bits per heavy atom. The molecule has 0 fully saturated rings. The molecule has 0 heterocycles. The summed E-state index contributed by atoms with van der Waals surface area (Å²) in [6.45, 7) is 6.57. The van der Waals surface area contributed by atoms with Crippen LogP contribution in [0.15, 0.2) is 0 Å². The van der Waals surface area contributed by atoms with Gasteiger partial charge in [0.15, 0.2) is 0 Å². The first-order valence-corrected chi connectivity index (χ1v) is 4.49. The van der Waals surface area contributed by atoms with E-state index in [2.05, 4.69) is 20.8 Å². The minimum absolute atomic E-state index is 0.0110. The molecule has 1 unspecified atom stereocenters. The molecule has 9 heavy (non-hydrogen) atoms. The molecule has 0 aromatic carbocycles. The standard InChI is InChI=1S/C7H15OS/c1-6(2)7(3)4-9-5-8/h6-7H,4-5H2,1-3H3. The molecule has 0 aliphatic rings. The lowest BCUT2D eigenvalue weighted by atomic mass is 10.0. The Labute approximate surface area is 61.8 Å². The summed E-state index contributed by atoms with van der Waals surface area (Å²) >= 11 is 1.49. The van der Waals surface area contributed by atoms with Crippen molar-refractivity contribution in [2.45, 2.75) is 20.8 Å². The first kappa shape index (κ1) is 9.31. The van der Waals surface area contributed by atoms with Gasteiger partial charge in [-0.2, -0.15) is 0 Å². The molecule has 1 atom stereocenters. The van der Waals surface area contributed by atoms with Crippen LogP contribution < -0.4 is 0 Å². The lowest BCUT2D eigenvalue weighted by molar-refractivity contribution is 0.260. The van der Waals surface area contributed by atoms with Crippen LogP contribution in [0.2, 0.25) is 0 Å². The van der Waals surface area contributed by atoms with Gasteiger partial charge in [0, 0.05) is 0 Å². The highest BCUT2D eigenvalue weighted by molar-refractivity contribution is 7.99. The molecule has 55 valence electrons. The van der Waals surface area contributed by atoms with Crippen molar-refractivity contribution in [3.05, 3.63) is 0 Å². The summed E-state index contributed by atoms with van der Waals surface area (Å²) < 4.78 is 0. The van der Waals surface area contributed by atoms with Crippen molar-refractivity contribution in [1.82, 2.24) is 0 Å². The van der Waals surface area contributed by atoms with Gasteiger partial charge in [0.2, 0.25) is 0 Å². The van der Waals surface area contributed by atoms with E-state index in [1.165, 1.54) is 11.8 Å². The van der Waals surface area contributed by atoms with Gasteiger partial charge in [-0.3, -0.25) is 0 Å². The third kappa shape index (κ3) is 4.79. The van der Waals surface area contributed by atoms with Crippen molar-refractivity contribution < 1.29 is 5.11 Å². The Hall–Kier alpha value is 0.310. The maximum atomic E-state index is 10.0. The van der Waals surface area contributed by atoms with Crippen LogP contribution in [0.5, 0.6) is 0 Å². The molecule has 0 aromatic heterocycles. The summed E-state index contributed by atoms with van der Waals surface area (Å²) in [6.07, 6.45) is 0. The zero-order valence-electron chi connectivity index (χ0n) is 6.39. The van der Waals surface area contributed by atoms with Gasteiger partial charge >= 0.3 is 0 Å². The molecule has 2 heteroatoms. The zero-order valence-corrected chi connectivity index (χ0v) is 7.20. The first-order chi connectivity index (χ1) is 4.18. The molecule has 0 saturated carbocycles. The molecule has 0 rings (SSSR count). The smallest absolute Gasteiger partial charge is 0.128 e. The van der Waals surface area contributed by atoms with E-state index in [9.17, 15) is 5.11 Å². The number of hydrogen-bond acceptors (Lipinski definition) is 1. The van der Waals surface area contributed by atoms with Crippen molar-refractivity contribution in [1.29, 1.82) is 0 Å². The molecule has 0 aromatic rings. The fourth-order valence-corrected chi connectivity index (χ4v) is 1.28. The average molecular weight is 147 g/mol. The molecule has 0 bridgehead atoms. The van der Waals surface area contributed by atoms with E-state index in [1.54, 1.807) is 0 Å². The molecule has 1 nitrogen and oxygen atoms in total. The van der Waals surface area contributed by atoms with E-state index in [0.29, 0.717) is 11.8 Å². The summed E-state index contributed by atoms with van der Waals surface area (Å²) in [5.74, 6) is 2.42. The van der Waals surface area contributed by atoms with E-state index < -0.39 is 0 Å². The second-order valence-electron chi connectivity index (χ2n) is 2.71. The van der Waals surface area contributed by atoms with Crippen LogP contribution in [0.25, 0.3) is 0 Å². The van der Waals surface area contributed by atoms with Crippen LogP contribution in [0.3, 0.4) is 0 Å². The van der Waals surface area contributed by atoms with Crippen LogP contribution in [-0.4, -0.2) is 11.7 Å². The summed E-state index contributed by atoms with van der Waals surface area (Å²) in [4.78, 5) is 0. The fourth-order valence-electron chi connectivity index (χ4n) is 0.426. The third-order valence-electron chi connectivity index (χ3n) is 1.60. The lowest BCUT2D eigenvalue weighted by Gasteiger charge is -2.12. The van der Waals surface area contributed by atoms with Crippen molar-refractivity contribution in [2.24, 2.45) is 11.8 Å². The molecule has 0 amide bonds. The SMILES string of the molecule is CC(C)C(C)CSC[O]. The van der Waals surface area contributed by atoms with Gasteiger partial charge < -0.3 is 0 Å². The minimum atomic E-state index is 0.0110. The largest absolute Gasteiger partial charge is 0.225 e. The van der Waals surface area contributed by atoms with Gasteiger partial charge in [-0.1, -0.05) is 20.8 Å². The van der Waals surface area contributed by atoms with E-state index >= 15 is 0 Å². The van der Waals surface area contributed by atoms with E-state index in [0.717, 1.165) is 5.75 Å². The molecular formula is C7H15OS. The van der Waals surface area contributed by atoms with Crippen LogP contribution >= 0.6 is 11.8 Å². The Balaban J connectivity index is 3.16. The number of hydrogen-bond donors (Lipinski definition) is 0. The molecule has 0 aliphatic heterocycles. The molecular weight excluding hydrogens is 132 g/mol. The van der Waals surface area contributed by atoms with Crippen molar-refractivity contribution in [3.63, 3.8) is 0 Å². The van der Waals surface area contributed by atoms with Crippen molar-refractivity contribution in [3.8, 4) is 0 Å². The highest BCUT2D eigenvalue weighted by atomic mass is 32.2. The second-order valence-corrected chi connectivity index (χ2v) is 3.69. The van der Waals surface area contributed by atoms with Crippen LogP contribution in [-0.2, 0) is 5.11 Å². The number of thioether (sulfide) groups is 1. The Morgan fingerprint density at radius 2 is 1.89 bits per heavy atom. The van der Waals surface area contributed by atoms with Crippen LogP contribution in [0.4, 0.5) is 0 Å². The summed E-state index contributed by atoms with van der Waals surface area (Å²) in [5.41, 5.74) is 0. The maximum absolute atomic E-state index is 10.0. The van der Waals surface area contributed by atoms with Gasteiger partial charge in [0.25, 0.3) is 0 Å². The molecule has 0 aliphatic carbocycles. The maximum Gasteiger partial charge on any atom is 0.128 e. The van der Waals surface area contributed by atoms with Crippen LogP contribution in [0, 0.1) is 11.8 Å². The highest BCUT2D eigenvalue weighted by Crippen LogP contribution is 2.15. The molecule has 1 radical (unpaired) electrons. The predicted octanol–water partition coefficient (Wildman–Crippen LogP) is 2.40. The Morgan fingerprint density at radius 1 is 1.33 bits per heavy atom. The van der Waals surface area contributed by atoms with Gasteiger partial charge in [0.05, 0.1) is 0 Å². The fraction of sp³-hybridized carbons (Fsp3) is 1.00. The van der Waals surface area contributed by atoms with E-state index in [-0.39, 0.29) is 5.94 Å². The minimum Gasteiger partial charge on any atom is -0.225 e. The summed E-state index contributed by atoms with van der Waals surface area (Å²) in [5, 5.41) is 10.0. The van der Waals surface area contributed by atoms with Crippen molar-refractivity contribution >= 4 is 11.8 Å². The topological polar surface area (TPSA) is 19.9 Å². The first-order valence-electron chi connectivity index (χ1n) is 3.34.